The Morgan fingerprint density at radius 1 is 1.15 bits per heavy atom. The summed E-state index contributed by atoms with van der Waals surface area (Å²) in [5, 5.41) is 3.93. The lowest BCUT2D eigenvalue weighted by molar-refractivity contribution is 0.430. The van der Waals surface area contributed by atoms with Crippen molar-refractivity contribution in [3.05, 3.63) is 89.0 Å². The molecule has 4 unspecified atom stereocenters. The summed E-state index contributed by atoms with van der Waals surface area (Å²) in [7, 11) is 0. The average molecular weight is 460 g/mol. The number of hydrogen-bond acceptors (Lipinski definition) is 2. The molecule has 1 aliphatic carbocycles. The zero-order chi connectivity index (χ0) is 23.6. The quantitative estimate of drug-likeness (QED) is 0.442. The predicted octanol–water partition coefficient (Wildman–Crippen LogP) is 8.62. The predicted molar refractivity (Wildman–Crippen MR) is 145 cm³/mol. The third-order valence-electron chi connectivity index (χ3n) is 7.67. The van der Waals surface area contributed by atoms with Crippen molar-refractivity contribution in [3.8, 4) is 0 Å². The molecule has 176 valence electrons. The van der Waals surface area contributed by atoms with Gasteiger partial charge in [0, 0.05) is 22.6 Å². The van der Waals surface area contributed by atoms with Crippen LogP contribution in [0.25, 0.3) is 0 Å². The minimum Gasteiger partial charge on any atom is -0.384 e. The SMILES string of the molecule is C=CC1C2=C(NC1CCCC1C/C=C\Cc3ccccc3SC1=C)C(C)CC(C(C)(C)C)=C2. The number of hydrogen-bond donors (Lipinski definition) is 1. The molecule has 4 rings (SSSR count). The van der Waals surface area contributed by atoms with E-state index >= 15 is 0 Å². The number of fused-ring (bicyclic) bond motifs is 1. The van der Waals surface area contributed by atoms with Gasteiger partial charge in [0.25, 0.3) is 0 Å². The molecule has 3 aliphatic rings. The van der Waals surface area contributed by atoms with Gasteiger partial charge in [-0.2, -0.15) is 0 Å². The van der Waals surface area contributed by atoms with Crippen LogP contribution in [0.3, 0.4) is 0 Å². The third-order valence-corrected chi connectivity index (χ3v) is 8.89. The highest BCUT2D eigenvalue weighted by molar-refractivity contribution is 8.03. The summed E-state index contributed by atoms with van der Waals surface area (Å²) in [6, 6.07) is 9.25. The van der Waals surface area contributed by atoms with Gasteiger partial charge in [-0.1, -0.05) is 101 Å². The van der Waals surface area contributed by atoms with E-state index in [0.29, 0.717) is 23.8 Å². The molecule has 33 heavy (non-hydrogen) atoms. The lowest BCUT2D eigenvalue weighted by Crippen LogP contribution is -2.29. The monoisotopic (exact) mass is 459 g/mol. The van der Waals surface area contributed by atoms with E-state index in [1.165, 1.54) is 52.3 Å². The van der Waals surface area contributed by atoms with E-state index in [4.69, 9.17) is 0 Å². The van der Waals surface area contributed by atoms with Crippen LogP contribution in [0.15, 0.2) is 88.4 Å². The van der Waals surface area contributed by atoms with Crippen LogP contribution in [0, 0.1) is 23.2 Å². The van der Waals surface area contributed by atoms with Crippen LogP contribution in [0.5, 0.6) is 0 Å². The smallest absolute Gasteiger partial charge is 0.0362 e. The van der Waals surface area contributed by atoms with E-state index in [0.717, 1.165) is 12.8 Å². The molecule has 0 saturated carbocycles. The van der Waals surface area contributed by atoms with Crippen LogP contribution in [0.1, 0.15) is 65.4 Å². The van der Waals surface area contributed by atoms with Crippen LogP contribution in [-0.4, -0.2) is 6.04 Å². The van der Waals surface area contributed by atoms with Crippen molar-refractivity contribution in [1.82, 2.24) is 5.32 Å². The van der Waals surface area contributed by atoms with Crippen LogP contribution in [0.2, 0.25) is 0 Å². The maximum Gasteiger partial charge on any atom is 0.0362 e. The molecule has 1 aromatic carbocycles. The van der Waals surface area contributed by atoms with Gasteiger partial charge in [0.2, 0.25) is 0 Å². The Balaban J connectivity index is 1.39. The molecule has 0 bridgehead atoms. The highest BCUT2D eigenvalue weighted by Crippen LogP contribution is 2.44. The number of allylic oxidation sites excluding steroid dienone is 6. The van der Waals surface area contributed by atoms with Gasteiger partial charge in [0.1, 0.15) is 0 Å². The van der Waals surface area contributed by atoms with Gasteiger partial charge in [-0.15, -0.1) is 6.58 Å². The van der Waals surface area contributed by atoms with Crippen LogP contribution in [0.4, 0.5) is 0 Å². The average Bonchev–Trinajstić information content (AvgIpc) is 3.16. The van der Waals surface area contributed by atoms with E-state index in [9.17, 15) is 0 Å². The molecule has 0 spiro atoms. The highest BCUT2D eigenvalue weighted by atomic mass is 32.2. The lowest BCUT2D eigenvalue weighted by Gasteiger charge is -2.30. The Kier molecular flexibility index (Phi) is 7.43. The summed E-state index contributed by atoms with van der Waals surface area (Å²) in [4.78, 5) is 2.69. The molecule has 0 radical (unpaired) electrons. The van der Waals surface area contributed by atoms with E-state index < -0.39 is 0 Å². The standard InChI is InChI=1S/C31H41NS/c1-7-26-27-20-25(31(4,5)6)19-21(2)30(27)32-28(26)17-12-16-23-13-8-9-14-24-15-10-11-18-29(24)33-22(23)3/h7-11,15,18,20-21,23,26,28,32H,1,3,12-14,16-17,19H2,2,4-6H3/b9-8-. The van der Waals surface area contributed by atoms with Gasteiger partial charge >= 0.3 is 0 Å². The molecular formula is C31H41NS. The zero-order valence-corrected chi connectivity index (χ0v) is 21.8. The van der Waals surface area contributed by atoms with Gasteiger partial charge in [-0.25, -0.2) is 0 Å². The summed E-state index contributed by atoms with van der Waals surface area (Å²) in [5.41, 5.74) is 6.20. The van der Waals surface area contributed by atoms with E-state index in [2.05, 4.69) is 94.7 Å². The Morgan fingerprint density at radius 3 is 2.70 bits per heavy atom. The van der Waals surface area contributed by atoms with Gasteiger partial charge in [-0.05, 0) is 71.5 Å². The van der Waals surface area contributed by atoms with Crippen molar-refractivity contribution >= 4 is 11.8 Å². The zero-order valence-electron chi connectivity index (χ0n) is 21.0. The van der Waals surface area contributed by atoms with Crippen LogP contribution >= 0.6 is 11.8 Å². The summed E-state index contributed by atoms with van der Waals surface area (Å²) < 4.78 is 0. The molecule has 2 heteroatoms. The number of nitrogens with one attached hydrogen (secondary N) is 1. The summed E-state index contributed by atoms with van der Waals surface area (Å²) >= 11 is 1.89. The first-order valence-electron chi connectivity index (χ1n) is 12.7. The lowest BCUT2D eigenvalue weighted by atomic mass is 9.75. The molecule has 2 heterocycles. The minimum atomic E-state index is 0.234. The Labute approximate surface area is 206 Å². The second-order valence-electron chi connectivity index (χ2n) is 11.1. The van der Waals surface area contributed by atoms with Crippen LogP contribution < -0.4 is 5.32 Å². The number of rotatable bonds is 5. The largest absolute Gasteiger partial charge is 0.384 e. The Morgan fingerprint density at radius 2 is 1.94 bits per heavy atom. The molecule has 0 amide bonds. The maximum absolute atomic E-state index is 4.50. The Bertz CT molecular complexity index is 986. The van der Waals surface area contributed by atoms with Crippen molar-refractivity contribution in [2.75, 3.05) is 0 Å². The molecule has 1 N–H and O–H groups in total. The first kappa shape index (κ1) is 24.2. The molecule has 1 nitrogen and oxygen atoms in total. The first-order chi connectivity index (χ1) is 15.8. The molecule has 1 aromatic rings. The summed E-state index contributed by atoms with van der Waals surface area (Å²) in [5.74, 6) is 1.53. The fourth-order valence-electron chi connectivity index (χ4n) is 5.58. The van der Waals surface area contributed by atoms with Gasteiger partial charge in [0.15, 0.2) is 0 Å². The van der Waals surface area contributed by atoms with Crippen LogP contribution in [-0.2, 0) is 6.42 Å². The topological polar surface area (TPSA) is 12.0 Å². The molecule has 2 aliphatic heterocycles. The molecule has 0 fully saturated rings. The molecular weight excluding hydrogens is 418 g/mol. The highest BCUT2D eigenvalue weighted by Gasteiger charge is 2.37. The fraction of sp³-hybridized carbons (Fsp3) is 0.484. The van der Waals surface area contributed by atoms with Gasteiger partial charge < -0.3 is 5.32 Å². The van der Waals surface area contributed by atoms with E-state index in [-0.39, 0.29) is 5.41 Å². The second kappa shape index (κ2) is 10.1. The van der Waals surface area contributed by atoms with Crippen molar-refractivity contribution in [3.63, 3.8) is 0 Å². The third kappa shape index (κ3) is 5.43. The Hall–Kier alpha value is -1.93. The minimum absolute atomic E-state index is 0.234. The van der Waals surface area contributed by atoms with E-state index in [1.54, 1.807) is 5.57 Å². The summed E-state index contributed by atoms with van der Waals surface area (Å²) in [6.07, 6.45) is 16.3. The fourth-order valence-corrected chi connectivity index (χ4v) is 6.67. The summed E-state index contributed by atoms with van der Waals surface area (Å²) in [6.45, 7) is 18.1. The van der Waals surface area contributed by atoms with E-state index in [1.807, 2.05) is 11.8 Å². The van der Waals surface area contributed by atoms with Crippen molar-refractivity contribution in [1.29, 1.82) is 0 Å². The molecule has 0 aromatic heterocycles. The van der Waals surface area contributed by atoms with Crippen molar-refractivity contribution in [2.24, 2.45) is 23.2 Å². The van der Waals surface area contributed by atoms with Gasteiger partial charge in [0.05, 0.1) is 0 Å². The number of thioether (sulfide) groups is 1. The normalized spacial score (nSPS) is 28.6. The molecule has 4 atom stereocenters. The number of benzene rings is 1. The first-order valence-corrected chi connectivity index (χ1v) is 13.5. The second-order valence-corrected chi connectivity index (χ2v) is 12.3. The van der Waals surface area contributed by atoms with Crippen molar-refractivity contribution in [2.45, 2.75) is 77.2 Å². The maximum atomic E-state index is 4.50. The molecule has 0 saturated heterocycles. The van der Waals surface area contributed by atoms with Gasteiger partial charge in [-0.3, -0.25) is 0 Å². The van der Waals surface area contributed by atoms with Crippen molar-refractivity contribution < 1.29 is 0 Å².